The smallest absolute Gasteiger partial charge is 0.188 e. The van der Waals surface area contributed by atoms with Crippen LogP contribution in [0.4, 0.5) is 0 Å². The molecular formula is C10H12Br2O2. The number of alkyl halides is 1. The maximum Gasteiger partial charge on any atom is 0.188 e. The minimum Gasteiger partial charge on any atom is -0.468 e. The lowest BCUT2D eigenvalue weighted by atomic mass is 10.1. The van der Waals surface area contributed by atoms with E-state index in [9.17, 15) is 0 Å². The molecule has 0 N–H and O–H groups in total. The molecule has 0 spiro atoms. The minimum absolute atomic E-state index is 0.281. The third-order valence-electron chi connectivity index (χ3n) is 1.79. The fourth-order valence-corrected chi connectivity index (χ4v) is 2.30. The van der Waals surface area contributed by atoms with E-state index in [1.54, 1.807) is 7.11 Å². The third kappa shape index (κ3) is 2.97. The van der Waals surface area contributed by atoms with Crippen LogP contribution in [0.25, 0.3) is 0 Å². The summed E-state index contributed by atoms with van der Waals surface area (Å²) in [5.74, 6) is 0.835. The minimum atomic E-state index is 0.281. The number of hydrogen-bond acceptors (Lipinski definition) is 2. The van der Waals surface area contributed by atoms with Crippen LogP contribution in [0.2, 0.25) is 0 Å². The Bertz CT molecular complexity index is 313. The number of benzene rings is 1. The molecule has 0 amide bonds. The van der Waals surface area contributed by atoms with Crippen LogP contribution in [0, 0.1) is 6.92 Å². The number of aryl methyl sites for hydroxylation is 1. The molecule has 14 heavy (non-hydrogen) atoms. The van der Waals surface area contributed by atoms with Gasteiger partial charge in [0.1, 0.15) is 5.75 Å². The third-order valence-corrected chi connectivity index (χ3v) is 3.53. The summed E-state index contributed by atoms with van der Waals surface area (Å²) >= 11 is 6.95. The van der Waals surface area contributed by atoms with Gasteiger partial charge in [0, 0.05) is 16.9 Å². The van der Waals surface area contributed by atoms with Crippen molar-refractivity contribution >= 4 is 31.9 Å². The van der Waals surface area contributed by atoms with Gasteiger partial charge in [-0.1, -0.05) is 31.9 Å². The molecule has 0 heterocycles. The van der Waals surface area contributed by atoms with Gasteiger partial charge in [0.05, 0.1) is 0 Å². The topological polar surface area (TPSA) is 18.5 Å². The normalized spacial score (nSPS) is 10.3. The van der Waals surface area contributed by atoms with Crippen molar-refractivity contribution in [1.82, 2.24) is 0 Å². The van der Waals surface area contributed by atoms with E-state index < -0.39 is 0 Å². The summed E-state index contributed by atoms with van der Waals surface area (Å²) in [6.45, 7) is 2.32. The molecule has 0 unspecified atom stereocenters. The number of halogens is 2. The highest BCUT2D eigenvalue weighted by atomic mass is 79.9. The largest absolute Gasteiger partial charge is 0.468 e. The average molecular weight is 324 g/mol. The van der Waals surface area contributed by atoms with E-state index >= 15 is 0 Å². The molecule has 0 saturated carbocycles. The van der Waals surface area contributed by atoms with Gasteiger partial charge in [-0.3, -0.25) is 0 Å². The van der Waals surface area contributed by atoms with E-state index in [-0.39, 0.29) is 6.79 Å². The van der Waals surface area contributed by atoms with Crippen LogP contribution in [0.1, 0.15) is 11.1 Å². The Labute approximate surface area is 101 Å². The van der Waals surface area contributed by atoms with Gasteiger partial charge in [-0.25, -0.2) is 0 Å². The van der Waals surface area contributed by atoms with Gasteiger partial charge in [-0.15, -0.1) is 0 Å². The average Bonchev–Trinajstić information content (AvgIpc) is 2.19. The Balaban J connectivity index is 2.91. The molecule has 0 aliphatic heterocycles. The molecule has 0 atom stereocenters. The summed E-state index contributed by atoms with van der Waals surface area (Å²) < 4.78 is 11.3. The first-order valence-corrected chi connectivity index (χ1v) is 6.07. The van der Waals surface area contributed by atoms with Crippen molar-refractivity contribution in [2.24, 2.45) is 0 Å². The summed E-state index contributed by atoms with van der Waals surface area (Å²) in [7, 11) is 1.61. The molecule has 0 aromatic heterocycles. The Morgan fingerprint density at radius 3 is 2.64 bits per heavy atom. The lowest BCUT2D eigenvalue weighted by Gasteiger charge is -2.09. The van der Waals surface area contributed by atoms with Crippen molar-refractivity contribution in [3.8, 4) is 5.75 Å². The molecule has 0 bridgehead atoms. The molecule has 1 aromatic rings. The van der Waals surface area contributed by atoms with Gasteiger partial charge in [0.25, 0.3) is 0 Å². The van der Waals surface area contributed by atoms with Gasteiger partial charge < -0.3 is 9.47 Å². The summed E-state index contributed by atoms with van der Waals surface area (Å²) in [6.07, 6.45) is 0. The van der Waals surface area contributed by atoms with Crippen molar-refractivity contribution in [3.05, 3.63) is 27.7 Å². The molecule has 0 saturated heterocycles. The van der Waals surface area contributed by atoms with Crippen molar-refractivity contribution < 1.29 is 9.47 Å². The molecule has 0 aliphatic rings. The fourth-order valence-electron chi connectivity index (χ4n) is 1.11. The predicted molar refractivity (Wildman–Crippen MR) is 64.0 cm³/mol. The highest BCUT2D eigenvalue weighted by molar-refractivity contribution is 9.10. The second-order valence-electron chi connectivity index (χ2n) is 2.90. The van der Waals surface area contributed by atoms with Crippen molar-refractivity contribution in [2.45, 2.75) is 12.3 Å². The summed E-state index contributed by atoms with van der Waals surface area (Å²) in [4.78, 5) is 0. The Morgan fingerprint density at radius 2 is 2.07 bits per heavy atom. The number of ether oxygens (including phenoxy) is 2. The van der Waals surface area contributed by atoms with Crippen LogP contribution >= 0.6 is 31.9 Å². The first-order chi connectivity index (χ1) is 6.69. The molecule has 4 heteroatoms. The molecular weight excluding hydrogens is 312 g/mol. The fraction of sp³-hybridized carbons (Fsp3) is 0.400. The Kier molecular flexibility index (Phi) is 4.92. The van der Waals surface area contributed by atoms with Crippen LogP contribution in [0.5, 0.6) is 5.75 Å². The van der Waals surface area contributed by atoms with Gasteiger partial charge in [0.2, 0.25) is 0 Å². The van der Waals surface area contributed by atoms with Gasteiger partial charge >= 0.3 is 0 Å². The highest BCUT2D eigenvalue weighted by Crippen LogP contribution is 2.28. The first kappa shape index (κ1) is 12.0. The van der Waals surface area contributed by atoms with Gasteiger partial charge in [0.15, 0.2) is 6.79 Å². The molecule has 0 aliphatic carbocycles. The van der Waals surface area contributed by atoms with Crippen LogP contribution in [0.3, 0.4) is 0 Å². The number of rotatable bonds is 4. The SMILES string of the molecule is COCOc1cc(C)c(Br)c(CBr)c1. The molecule has 78 valence electrons. The van der Waals surface area contributed by atoms with E-state index in [2.05, 4.69) is 31.9 Å². The second kappa shape index (κ2) is 5.73. The zero-order chi connectivity index (χ0) is 10.6. The maximum atomic E-state index is 5.37. The zero-order valence-electron chi connectivity index (χ0n) is 8.14. The first-order valence-electron chi connectivity index (χ1n) is 4.15. The number of methoxy groups -OCH3 is 1. The van der Waals surface area contributed by atoms with Gasteiger partial charge in [-0.2, -0.15) is 0 Å². The monoisotopic (exact) mass is 322 g/mol. The van der Waals surface area contributed by atoms with Crippen molar-refractivity contribution in [3.63, 3.8) is 0 Å². The van der Waals surface area contributed by atoms with E-state index in [0.29, 0.717) is 0 Å². The highest BCUT2D eigenvalue weighted by Gasteiger charge is 2.05. The van der Waals surface area contributed by atoms with Crippen molar-refractivity contribution in [2.75, 3.05) is 13.9 Å². The predicted octanol–water partition coefficient (Wildman–Crippen LogP) is 3.64. The van der Waals surface area contributed by atoms with E-state index in [4.69, 9.17) is 9.47 Å². The zero-order valence-corrected chi connectivity index (χ0v) is 11.3. The summed E-state index contributed by atoms with van der Waals surface area (Å²) in [6, 6.07) is 3.97. The quantitative estimate of drug-likeness (QED) is 0.622. The molecule has 1 aromatic carbocycles. The van der Waals surface area contributed by atoms with E-state index in [1.165, 1.54) is 5.56 Å². The number of hydrogen-bond donors (Lipinski definition) is 0. The Morgan fingerprint density at radius 1 is 1.36 bits per heavy atom. The van der Waals surface area contributed by atoms with Crippen LogP contribution in [-0.4, -0.2) is 13.9 Å². The van der Waals surface area contributed by atoms with E-state index in [1.807, 2.05) is 19.1 Å². The summed E-state index contributed by atoms with van der Waals surface area (Å²) in [5, 5.41) is 0.804. The van der Waals surface area contributed by atoms with E-state index in [0.717, 1.165) is 21.1 Å². The molecule has 0 fully saturated rings. The van der Waals surface area contributed by atoms with Gasteiger partial charge in [-0.05, 0) is 30.2 Å². The maximum absolute atomic E-state index is 5.37. The van der Waals surface area contributed by atoms with Crippen LogP contribution in [-0.2, 0) is 10.1 Å². The molecule has 1 rings (SSSR count). The Hall–Kier alpha value is -0.0600. The summed E-state index contributed by atoms with van der Waals surface area (Å²) in [5.41, 5.74) is 2.34. The standard InChI is InChI=1S/C10H12Br2O2/c1-7-3-9(14-6-13-2)4-8(5-11)10(7)12/h3-4H,5-6H2,1-2H3. The lowest BCUT2D eigenvalue weighted by molar-refractivity contribution is 0.0510. The van der Waals surface area contributed by atoms with Crippen molar-refractivity contribution in [1.29, 1.82) is 0 Å². The molecule has 2 nitrogen and oxygen atoms in total. The lowest BCUT2D eigenvalue weighted by Crippen LogP contribution is -2.00. The van der Waals surface area contributed by atoms with Crippen LogP contribution in [0.15, 0.2) is 16.6 Å². The molecule has 0 radical (unpaired) electrons. The second-order valence-corrected chi connectivity index (χ2v) is 4.25. The van der Waals surface area contributed by atoms with Crippen LogP contribution < -0.4 is 4.74 Å².